The van der Waals surface area contributed by atoms with Gasteiger partial charge in [0.2, 0.25) is 5.91 Å². The summed E-state index contributed by atoms with van der Waals surface area (Å²) in [5.41, 5.74) is -0.0938. The Morgan fingerprint density at radius 2 is 1.83 bits per heavy atom. The first-order chi connectivity index (χ1) is 8.38. The summed E-state index contributed by atoms with van der Waals surface area (Å²) in [6.45, 7) is 2.96. The van der Waals surface area contributed by atoms with Crippen LogP contribution in [0.15, 0.2) is 30.3 Å². The normalized spacial score (nSPS) is 13.7. The van der Waals surface area contributed by atoms with Gasteiger partial charge in [-0.05, 0) is 25.3 Å². The Labute approximate surface area is 107 Å². The van der Waals surface area contributed by atoms with Crippen LogP contribution in [0.1, 0.15) is 25.8 Å². The number of rotatable bonds is 5. The molecule has 4 nitrogen and oxygen atoms in total. The van der Waals surface area contributed by atoms with Crippen molar-refractivity contribution in [3.8, 4) is 0 Å². The van der Waals surface area contributed by atoms with Gasteiger partial charge in [0, 0.05) is 14.0 Å². The van der Waals surface area contributed by atoms with Gasteiger partial charge in [0.05, 0.1) is 0 Å². The number of nitrogens with zero attached hydrogens (tertiary/aromatic N) is 1. The van der Waals surface area contributed by atoms with Crippen LogP contribution in [0.3, 0.4) is 0 Å². The molecule has 0 aliphatic heterocycles. The van der Waals surface area contributed by atoms with Crippen molar-refractivity contribution in [2.45, 2.75) is 32.2 Å². The number of amides is 1. The third-order valence-electron chi connectivity index (χ3n) is 3.42. The number of carboxylic acids is 1. The number of benzene rings is 1. The van der Waals surface area contributed by atoms with Crippen LogP contribution in [0, 0.1) is 0 Å². The molecule has 1 atom stereocenters. The van der Waals surface area contributed by atoms with E-state index in [2.05, 4.69) is 0 Å². The molecule has 1 amide bonds. The molecule has 4 heteroatoms. The number of hydrogen-bond acceptors (Lipinski definition) is 2. The minimum Gasteiger partial charge on any atom is -0.480 e. The van der Waals surface area contributed by atoms with E-state index in [1.807, 2.05) is 30.3 Å². The van der Waals surface area contributed by atoms with Crippen LogP contribution in [0.4, 0.5) is 0 Å². The summed E-state index contributed by atoms with van der Waals surface area (Å²) in [4.78, 5) is 24.1. The predicted molar refractivity (Wildman–Crippen MR) is 69.2 cm³/mol. The zero-order valence-electron chi connectivity index (χ0n) is 11.0. The molecule has 0 heterocycles. The van der Waals surface area contributed by atoms with Crippen LogP contribution >= 0.6 is 0 Å². The van der Waals surface area contributed by atoms with Gasteiger partial charge in [0.25, 0.3) is 0 Å². The lowest BCUT2D eigenvalue weighted by Gasteiger charge is -2.34. The highest BCUT2D eigenvalue weighted by Gasteiger charge is 2.38. The second-order valence-corrected chi connectivity index (χ2v) is 4.64. The molecule has 1 unspecified atom stereocenters. The molecule has 0 aromatic heterocycles. The molecule has 0 saturated heterocycles. The van der Waals surface area contributed by atoms with Crippen LogP contribution < -0.4 is 0 Å². The van der Waals surface area contributed by atoms with Crippen LogP contribution in [0.2, 0.25) is 0 Å². The lowest BCUT2D eigenvalue weighted by Crippen LogP contribution is -2.52. The van der Waals surface area contributed by atoms with Gasteiger partial charge in [-0.15, -0.1) is 0 Å². The molecule has 98 valence electrons. The Morgan fingerprint density at radius 3 is 2.28 bits per heavy atom. The number of carboxylic acid groups (broad SMARTS) is 1. The number of aliphatic carboxylic acids is 1. The molecule has 1 N–H and O–H groups in total. The minimum absolute atomic E-state index is 0.243. The van der Waals surface area contributed by atoms with Crippen molar-refractivity contribution in [1.29, 1.82) is 0 Å². The third-order valence-corrected chi connectivity index (χ3v) is 3.42. The number of carbonyl (C=O) groups excluding carboxylic acids is 1. The lowest BCUT2D eigenvalue weighted by molar-refractivity contribution is -0.156. The first-order valence-corrected chi connectivity index (χ1v) is 5.89. The number of carbonyl (C=O) groups is 2. The average molecular weight is 249 g/mol. The zero-order valence-corrected chi connectivity index (χ0v) is 11.0. The van der Waals surface area contributed by atoms with Gasteiger partial charge in [0.15, 0.2) is 0 Å². The first-order valence-electron chi connectivity index (χ1n) is 5.89. The smallest absolute Gasteiger partial charge is 0.329 e. The number of aryl methyl sites for hydroxylation is 1. The number of likely N-dealkylation sites (N-methyl/N-ethyl adjacent to an activating group) is 1. The fourth-order valence-corrected chi connectivity index (χ4v) is 1.80. The van der Waals surface area contributed by atoms with Crippen LogP contribution in [-0.2, 0) is 16.0 Å². The second-order valence-electron chi connectivity index (χ2n) is 4.64. The molecule has 1 aromatic rings. The maximum atomic E-state index is 11.4. The van der Waals surface area contributed by atoms with Gasteiger partial charge in [-0.25, -0.2) is 4.79 Å². The van der Waals surface area contributed by atoms with Crippen LogP contribution in [0.5, 0.6) is 0 Å². The molecule has 0 bridgehead atoms. The average Bonchev–Trinajstić information content (AvgIpc) is 2.35. The van der Waals surface area contributed by atoms with Crippen molar-refractivity contribution in [2.24, 2.45) is 0 Å². The van der Waals surface area contributed by atoms with Crippen molar-refractivity contribution in [3.63, 3.8) is 0 Å². The van der Waals surface area contributed by atoms with E-state index in [4.69, 9.17) is 0 Å². The highest BCUT2D eigenvalue weighted by Crippen LogP contribution is 2.21. The molecule has 0 aliphatic rings. The lowest BCUT2D eigenvalue weighted by atomic mass is 9.91. The molecule has 18 heavy (non-hydrogen) atoms. The van der Waals surface area contributed by atoms with Crippen molar-refractivity contribution >= 4 is 11.9 Å². The minimum atomic E-state index is -1.17. The summed E-state index contributed by atoms with van der Waals surface area (Å²) >= 11 is 0. The monoisotopic (exact) mass is 249 g/mol. The van der Waals surface area contributed by atoms with Crippen molar-refractivity contribution in [3.05, 3.63) is 35.9 Å². The molecule has 1 rings (SSSR count). The second kappa shape index (κ2) is 5.67. The molecule has 1 aromatic carbocycles. The Morgan fingerprint density at radius 1 is 1.28 bits per heavy atom. The Balaban J connectivity index is 2.81. The van der Waals surface area contributed by atoms with E-state index in [0.29, 0.717) is 12.8 Å². The van der Waals surface area contributed by atoms with Crippen LogP contribution in [-0.4, -0.2) is 34.5 Å². The molecule has 0 aliphatic carbocycles. The van der Waals surface area contributed by atoms with Gasteiger partial charge < -0.3 is 10.0 Å². The summed E-state index contributed by atoms with van der Waals surface area (Å²) in [7, 11) is 1.53. The Hall–Kier alpha value is -1.84. The maximum Gasteiger partial charge on any atom is 0.329 e. The summed E-state index contributed by atoms with van der Waals surface area (Å²) in [6.07, 6.45) is 1.02. The van der Waals surface area contributed by atoms with Crippen molar-refractivity contribution < 1.29 is 14.7 Å². The molecule has 0 spiro atoms. The fraction of sp³-hybridized carbons (Fsp3) is 0.429. The Kier molecular flexibility index (Phi) is 4.48. The zero-order chi connectivity index (χ0) is 13.8. The van der Waals surface area contributed by atoms with Gasteiger partial charge in [-0.3, -0.25) is 4.79 Å². The summed E-state index contributed by atoms with van der Waals surface area (Å²) in [5, 5.41) is 9.34. The van der Waals surface area contributed by atoms with E-state index < -0.39 is 11.5 Å². The molecule has 0 fully saturated rings. The summed E-state index contributed by atoms with van der Waals surface area (Å²) in [6, 6.07) is 9.66. The van der Waals surface area contributed by atoms with E-state index in [0.717, 1.165) is 5.56 Å². The first kappa shape index (κ1) is 14.2. The van der Waals surface area contributed by atoms with E-state index in [1.165, 1.54) is 18.9 Å². The van der Waals surface area contributed by atoms with E-state index in [-0.39, 0.29) is 5.91 Å². The molecular formula is C14H19NO3. The van der Waals surface area contributed by atoms with Gasteiger partial charge in [-0.1, -0.05) is 30.3 Å². The standard InChI is InChI=1S/C14H19NO3/c1-11(16)15(3)14(2,13(17)18)10-9-12-7-5-4-6-8-12/h4-8H,9-10H2,1-3H3,(H,17,18). The predicted octanol–water partition coefficient (Wildman–Crippen LogP) is 1.94. The van der Waals surface area contributed by atoms with E-state index in [9.17, 15) is 14.7 Å². The molecular weight excluding hydrogens is 230 g/mol. The quantitative estimate of drug-likeness (QED) is 0.867. The summed E-state index contributed by atoms with van der Waals surface area (Å²) < 4.78 is 0. The fourth-order valence-electron chi connectivity index (χ4n) is 1.80. The summed E-state index contributed by atoms with van der Waals surface area (Å²) in [5.74, 6) is -1.22. The van der Waals surface area contributed by atoms with Crippen molar-refractivity contribution in [1.82, 2.24) is 4.90 Å². The Bertz CT molecular complexity index is 430. The largest absolute Gasteiger partial charge is 0.480 e. The van der Waals surface area contributed by atoms with Crippen LogP contribution in [0.25, 0.3) is 0 Å². The topological polar surface area (TPSA) is 57.6 Å². The maximum absolute atomic E-state index is 11.4. The number of hydrogen-bond donors (Lipinski definition) is 1. The van der Waals surface area contributed by atoms with Gasteiger partial charge in [-0.2, -0.15) is 0 Å². The van der Waals surface area contributed by atoms with E-state index >= 15 is 0 Å². The van der Waals surface area contributed by atoms with Gasteiger partial charge in [0.1, 0.15) is 5.54 Å². The molecule has 0 saturated carbocycles. The molecule has 0 radical (unpaired) electrons. The highest BCUT2D eigenvalue weighted by atomic mass is 16.4. The highest BCUT2D eigenvalue weighted by molar-refractivity contribution is 5.85. The van der Waals surface area contributed by atoms with E-state index in [1.54, 1.807) is 6.92 Å². The SMILES string of the molecule is CC(=O)N(C)C(C)(CCc1ccccc1)C(=O)O. The third kappa shape index (κ3) is 3.09. The van der Waals surface area contributed by atoms with Crippen molar-refractivity contribution in [2.75, 3.05) is 7.05 Å². The van der Waals surface area contributed by atoms with Gasteiger partial charge >= 0.3 is 5.97 Å².